The Morgan fingerprint density at radius 2 is 1.02 bits per heavy atom. The predicted molar refractivity (Wildman–Crippen MR) is 209 cm³/mol. The molecule has 9 aromatic rings. The molecule has 0 unspecified atom stereocenters. The van der Waals surface area contributed by atoms with Gasteiger partial charge in [-0.1, -0.05) is 140 Å². The first kappa shape index (κ1) is 29.4. The fourth-order valence-corrected chi connectivity index (χ4v) is 8.19. The molecule has 2 aromatic heterocycles. The third-order valence-corrected chi connectivity index (χ3v) is 10.6. The van der Waals surface area contributed by atoms with Gasteiger partial charge in [-0.3, -0.25) is 4.90 Å². The van der Waals surface area contributed by atoms with E-state index >= 15 is 0 Å². The van der Waals surface area contributed by atoms with Crippen molar-refractivity contribution in [3.63, 3.8) is 0 Å². The Kier molecular flexibility index (Phi) is 6.96. The molecular weight excluding hydrogens is 647 g/mol. The number of ether oxygens (including phenoxy) is 2. The Labute approximate surface area is 299 Å². The van der Waals surface area contributed by atoms with Gasteiger partial charge >= 0.3 is 0 Å². The summed E-state index contributed by atoms with van der Waals surface area (Å²) in [6.07, 6.45) is 0. The number of para-hydroxylation sites is 5. The maximum atomic E-state index is 6.78. The van der Waals surface area contributed by atoms with E-state index in [0.717, 1.165) is 76.8 Å². The van der Waals surface area contributed by atoms with Crippen LogP contribution in [0.15, 0.2) is 180 Å². The largest absolute Gasteiger partial charge is 0.455 e. The molecule has 0 spiro atoms. The highest BCUT2D eigenvalue weighted by atomic mass is 32.1. The number of benzene rings is 7. The van der Waals surface area contributed by atoms with Crippen molar-refractivity contribution < 1.29 is 13.9 Å². The average molecular weight is 676 g/mol. The topological polar surface area (TPSA) is 34.8 Å². The molecule has 0 radical (unpaired) electrons. The molecule has 0 amide bonds. The lowest BCUT2D eigenvalue weighted by Gasteiger charge is -2.28. The molecule has 0 bridgehead atoms. The number of thiophene rings is 1. The van der Waals surface area contributed by atoms with Crippen LogP contribution in [0.1, 0.15) is 0 Å². The number of hydrogen-bond acceptors (Lipinski definition) is 5. The Morgan fingerprint density at radius 3 is 1.80 bits per heavy atom. The van der Waals surface area contributed by atoms with Crippen LogP contribution in [0.4, 0.5) is 16.4 Å². The van der Waals surface area contributed by atoms with Gasteiger partial charge in [0, 0.05) is 27.6 Å². The summed E-state index contributed by atoms with van der Waals surface area (Å²) in [5, 5.41) is 3.16. The monoisotopic (exact) mass is 675 g/mol. The average Bonchev–Trinajstić information content (AvgIpc) is 3.77. The molecule has 0 saturated heterocycles. The summed E-state index contributed by atoms with van der Waals surface area (Å²) in [5.41, 5.74) is 9.23. The van der Waals surface area contributed by atoms with E-state index in [-0.39, 0.29) is 0 Å². The normalized spacial score (nSPS) is 11.8. The van der Waals surface area contributed by atoms with Crippen molar-refractivity contribution in [2.75, 3.05) is 4.90 Å². The molecule has 51 heavy (non-hydrogen) atoms. The highest BCUT2D eigenvalue weighted by Crippen LogP contribution is 2.61. The van der Waals surface area contributed by atoms with Crippen molar-refractivity contribution in [3.05, 3.63) is 176 Å². The molecule has 4 nitrogen and oxygen atoms in total. The number of fused-ring (bicyclic) bond motifs is 5. The lowest BCUT2D eigenvalue weighted by Crippen LogP contribution is -2.11. The highest BCUT2D eigenvalue weighted by molar-refractivity contribution is 7.20. The van der Waals surface area contributed by atoms with E-state index in [9.17, 15) is 0 Å². The molecule has 0 aliphatic carbocycles. The van der Waals surface area contributed by atoms with Gasteiger partial charge in [0.05, 0.1) is 10.6 Å². The standard InChI is InChI=1S/C46H29NO3S/c1-3-14-30(15-4-1)34-18-7-9-22-38(34)47(33-28-26-31(27-29-33)35-20-13-21-37-36-19-8-10-23-39(36)48-42(35)37)46-44-43(45(51-46)32-16-5-2-6-17-32)49-40-24-11-12-25-41(40)50-44/h1-29H. The molecule has 1 aliphatic heterocycles. The predicted octanol–water partition coefficient (Wildman–Crippen LogP) is 14.0. The van der Waals surface area contributed by atoms with Crippen LogP contribution in [0.5, 0.6) is 23.0 Å². The van der Waals surface area contributed by atoms with Crippen molar-refractivity contribution in [1.29, 1.82) is 0 Å². The minimum atomic E-state index is 0.689. The van der Waals surface area contributed by atoms with Gasteiger partial charge in [-0.25, -0.2) is 0 Å². The molecule has 0 N–H and O–H groups in total. The van der Waals surface area contributed by atoms with Crippen LogP contribution in [0.3, 0.4) is 0 Å². The van der Waals surface area contributed by atoms with Crippen LogP contribution in [0, 0.1) is 0 Å². The van der Waals surface area contributed by atoms with Crippen LogP contribution < -0.4 is 14.4 Å². The molecule has 1 aliphatic rings. The van der Waals surface area contributed by atoms with Crippen LogP contribution in [-0.2, 0) is 0 Å². The fraction of sp³-hybridized carbons (Fsp3) is 0. The lowest BCUT2D eigenvalue weighted by molar-refractivity contribution is 0.364. The third-order valence-electron chi connectivity index (χ3n) is 9.39. The van der Waals surface area contributed by atoms with Gasteiger partial charge < -0.3 is 13.9 Å². The molecule has 10 rings (SSSR count). The van der Waals surface area contributed by atoms with Crippen molar-refractivity contribution in [2.45, 2.75) is 0 Å². The molecule has 0 atom stereocenters. The van der Waals surface area contributed by atoms with Gasteiger partial charge in [-0.05, 0) is 53.1 Å². The number of anilines is 3. The fourth-order valence-electron chi connectivity index (χ4n) is 7.00. The van der Waals surface area contributed by atoms with Crippen molar-refractivity contribution in [3.8, 4) is 55.7 Å². The van der Waals surface area contributed by atoms with Crippen LogP contribution in [-0.4, -0.2) is 0 Å². The maximum Gasteiger partial charge on any atom is 0.205 e. The highest BCUT2D eigenvalue weighted by Gasteiger charge is 2.33. The van der Waals surface area contributed by atoms with E-state index in [0.29, 0.717) is 17.2 Å². The van der Waals surface area contributed by atoms with E-state index in [1.807, 2.05) is 42.5 Å². The Balaban J connectivity index is 1.18. The summed E-state index contributed by atoms with van der Waals surface area (Å²) >= 11 is 1.67. The number of nitrogens with zero attached hydrogens (tertiary/aromatic N) is 1. The van der Waals surface area contributed by atoms with Gasteiger partial charge in [0.15, 0.2) is 17.2 Å². The summed E-state index contributed by atoms with van der Waals surface area (Å²) in [6, 6.07) is 60.6. The van der Waals surface area contributed by atoms with E-state index in [4.69, 9.17) is 13.9 Å². The lowest BCUT2D eigenvalue weighted by atomic mass is 10.0. The smallest absolute Gasteiger partial charge is 0.205 e. The zero-order valence-corrected chi connectivity index (χ0v) is 28.1. The molecule has 242 valence electrons. The second-order valence-electron chi connectivity index (χ2n) is 12.5. The minimum absolute atomic E-state index is 0.689. The number of furan rings is 1. The summed E-state index contributed by atoms with van der Waals surface area (Å²) in [5.74, 6) is 2.80. The minimum Gasteiger partial charge on any atom is -0.455 e. The van der Waals surface area contributed by atoms with Gasteiger partial charge in [0.1, 0.15) is 16.2 Å². The molecule has 7 aromatic carbocycles. The molecule has 3 heterocycles. The van der Waals surface area contributed by atoms with Gasteiger partial charge in [0.25, 0.3) is 0 Å². The Morgan fingerprint density at radius 1 is 0.431 bits per heavy atom. The molecule has 0 fully saturated rings. The SMILES string of the molecule is c1ccc(-c2ccccc2N(c2ccc(-c3cccc4c3oc3ccccc34)cc2)c2sc(-c3ccccc3)c3c2Oc2ccccc2O3)cc1. The van der Waals surface area contributed by atoms with Gasteiger partial charge in [0.2, 0.25) is 5.75 Å². The van der Waals surface area contributed by atoms with Crippen LogP contribution in [0.25, 0.3) is 54.6 Å². The first-order chi connectivity index (χ1) is 25.3. The van der Waals surface area contributed by atoms with Crippen LogP contribution >= 0.6 is 11.3 Å². The Bertz CT molecular complexity index is 2700. The summed E-state index contributed by atoms with van der Waals surface area (Å²) in [7, 11) is 0. The third kappa shape index (κ3) is 4.98. The maximum absolute atomic E-state index is 6.78. The molecular formula is C46H29NO3S. The summed E-state index contributed by atoms with van der Waals surface area (Å²) in [6.45, 7) is 0. The van der Waals surface area contributed by atoms with Crippen LogP contribution in [0.2, 0.25) is 0 Å². The van der Waals surface area contributed by atoms with Gasteiger partial charge in [-0.15, -0.1) is 11.3 Å². The summed E-state index contributed by atoms with van der Waals surface area (Å²) in [4.78, 5) is 3.31. The van der Waals surface area contributed by atoms with Crippen molar-refractivity contribution in [2.24, 2.45) is 0 Å². The first-order valence-corrected chi connectivity index (χ1v) is 17.7. The van der Waals surface area contributed by atoms with E-state index in [1.165, 1.54) is 0 Å². The second kappa shape index (κ2) is 12.1. The Hall–Kier alpha value is -6.56. The van der Waals surface area contributed by atoms with E-state index < -0.39 is 0 Å². The van der Waals surface area contributed by atoms with Crippen molar-refractivity contribution in [1.82, 2.24) is 0 Å². The first-order valence-electron chi connectivity index (χ1n) is 16.9. The number of rotatable bonds is 6. The number of hydrogen-bond donors (Lipinski definition) is 0. The quantitative estimate of drug-likeness (QED) is 0.176. The van der Waals surface area contributed by atoms with E-state index in [2.05, 4.69) is 138 Å². The summed E-state index contributed by atoms with van der Waals surface area (Å²) < 4.78 is 19.9. The van der Waals surface area contributed by atoms with E-state index in [1.54, 1.807) is 11.3 Å². The molecule has 5 heteroatoms. The molecule has 0 saturated carbocycles. The zero-order valence-electron chi connectivity index (χ0n) is 27.3. The second-order valence-corrected chi connectivity index (χ2v) is 13.5. The zero-order chi connectivity index (χ0) is 33.7. The van der Waals surface area contributed by atoms with Gasteiger partial charge in [-0.2, -0.15) is 0 Å². The van der Waals surface area contributed by atoms with Crippen molar-refractivity contribution >= 4 is 49.7 Å².